The molecule has 0 heterocycles. The highest BCUT2D eigenvalue weighted by Gasteiger charge is 2.11. The molecule has 4 aromatic carbocycles. The number of hydrogen-bond donors (Lipinski definition) is 4. The number of aromatic carboxylic acids is 2. The van der Waals surface area contributed by atoms with E-state index in [4.69, 9.17) is 0 Å². The molecule has 0 bridgehead atoms. The second kappa shape index (κ2) is 10.4. The second-order valence-corrected chi connectivity index (χ2v) is 8.00. The summed E-state index contributed by atoms with van der Waals surface area (Å²) in [6, 6.07) is 24.3. The maximum atomic E-state index is 11.4. The lowest BCUT2D eigenvalue weighted by atomic mass is 9.94. The van der Waals surface area contributed by atoms with Crippen LogP contribution in [0.5, 0.6) is 11.5 Å². The normalized spacial score (nSPS) is 11.2. The fourth-order valence-corrected chi connectivity index (χ4v) is 3.81. The number of phenols is 2. The summed E-state index contributed by atoms with van der Waals surface area (Å²) in [4.78, 5) is 22.8. The highest BCUT2D eigenvalue weighted by molar-refractivity contribution is 5.94. The van der Waals surface area contributed by atoms with Crippen LogP contribution in [0.2, 0.25) is 0 Å². The molecule has 6 heteroatoms. The molecule has 0 saturated carbocycles. The minimum atomic E-state index is -1.22. The van der Waals surface area contributed by atoms with Crippen molar-refractivity contribution in [1.82, 2.24) is 0 Å². The molecule has 4 rings (SSSR count). The van der Waals surface area contributed by atoms with Gasteiger partial charge < -0.3 is 20.4 Å². The van der Waals surface area contributed by atoms with Gasteiger partial charge in [0.15, 0.2) is 0 Å². The zero-order valence-corrected chi connectivity index (χ0v) is 19.0. The van der Waals surface area contributed by atoms with Crippen LogP contribution >= 0.6 is 0 Å². The van der Waals surface area contributed by atoms with Crippen LogP contribution in [0.25, 0.3) is 35.4 Å². The Hall–Kier alpha value is -5.10. The van der Waals surface area contributed by atoms with Crippen molar-refractivity contribution in [2.45, 2.75) is 0 Å². The molecule has 178 valence electrons. The van der Waals surface area contributed by atoms with E-state index in [1.165, 1.54) is 24.3 Å². The van der Waals surface area contributed by atoms with Crippen LogP contribution in [-0.4, -0.2) is 32.4 Å². The van der Waals surface area contributed by atoms with E-state index in [1.54, 1.807) is 24.3 Å². The van der Waals surface area contributed by atoms with Gasteiger partial charge in [0.25, 0.3) is 0 Å². The maximum Gasteiger partial charge on any atom is 0.339 e. The number of aromatic hydroxyl groups is 2. The van der Waals surface area contributed by atoms with Gasteiger partial charge in [-0.1, -0.05) is 85.0 Å². The smallest absolute Gasteiger partial charge is 0.339 e. The van der Waals surface area contributed by atoms with Crippen molar-refractivity contribution in [3.8, 4) is 22.6 Å². The summed E-state index contributed by atoms with van der Waals surface area (Å²) in [5.41, 5.74) is 4.48. The van der Waals surface area contributed by atoms with Gasteiger partial charge >= 0.3 is 11.9 Å². The molecular weight excluding hydrogens is 456 g/mol. The first-order valence-corrected chi connectivity index (χ1v) is 11.0. The van der Waals surface area contributed by atoms with Crippen LogP contribution in [-0.2, 0) is 0 Å². The van der Waals surface area contributed by atoms with Crippen molar-refractivity contribution >= 4 is 36.2 Å². The molecule has 4 N–H and O–H groups in total. The van der Waals surface area contributed by atoms with E-state index < -0.39 is 11.9 Å². The van der Waals surface area contributed by atoms with Gasteiger partial charge in [-0.25, -0.2) is 9.59 Å². The summed E-state index contributed by atoms with van der Waals surface area (Å²) in [5.74, 6) is -3.04. The second-order valence-electron chi connectivity index (χ2n) is 8.00. The van der Waals surface area contributed by atoms with Gasteiger partial charge in [-0.2, -0.15) is 0 Å². The van der Waals surface area contributed by atoms with Crippen molar-refractivity contribution in [1.29, 1.82) is 0 Å². The quantitative estimate of drug-likeness (QED) is 0.225. The van der Waals surface area contributed by atoms with E-state index in [0.29, 0.717) is 11.1 Å². The zero-order chi connectivity index (χ0) is 25.7. The first-order valence-electron chi connectivity index (χ1n) is 11.0. The monoisotopic (exact) mass is 478 g/mol. The van der Waals surface area contributed by atoms with Crippen molar-refractivity contribution in [2.24, 2.45) is 0 Å². The molecular formula is C30H22O6. The molecule has 0 saturated heterocycles. The molecule has 0 atom stereocenters. The number of rotatable bonds is 7. The van der Waals surface area contributed by atoms with Gasteiger partial charge in [0.2, 0.25) is 0 Å². The van der Waals surface area contributed by atoms with Crippen LogP contribution in [0, 0.1) is 0 Å². The van der Waals surface area contributed by atoms with Gasteiger partial charge in [0.1, 0.15) is 22.6 Å². The summed E-state index contributed by atoms with van der Waals surface area (Å²) in [5, 5.41) is 38.2. The Morgan fingerprint density at radius 1 is 0.583 bits per heavy atom. The number of carboxylic acids is 2. The van der Waals surface area contributed by atoms with Crippen LogP contribution in [0.15, 0.2) is 84.9 Å². The lowest BCUT2D eigenvalue weighted by Crippen LogP contribution is -1.97. The molecule has 0 spiro atoms. The summed E-state index contributed by atoms with van der Waals surface area (Å²) in [6.07, 6.45) is 7.26. The number of hydrogen-bond acceptors (Lipinski definition) is 4. The lowest BCUT2D eigenvalue weighted by molar-refractivity contribution is 0.0682. The largest absolute Gasteiger partial charge is 0.507 e. The summed E-state index contributed by atoms with van der Waals surface area (Å²) in [6.45, 7) is 0. The molecule has 0 aromatic heterocycles. The Balaban J connectivity index is 1.80. The minimum Gasteiger partial charge on any atom is -0.507 e. The Labute approximate surface area is 207 Å². The molecule has 0 aliphatic heterocycles. The molecule has 36 heavy (non-hydrogen) atoms. The summed E-state index contributed by atoms with van der Waals surface area (Å²) < 4.78 is 0. The SMILES string of the molecule is O=C(O)c1cc(C=Cc2cccc(-c3ccccc3)c2C=Cc2ccc(O)c(C(=O)O)c2)ccc1O. The molecule has 0 aliphatic carbocycles. The predicted octanol–water partition coefficient (Wildman–Crippen LogP) is 6.50. The van der Waals surface area contributed by atoms with Crippen molar-refractivity contribution in [2.75, 3.05) is 0 Å². The first-order chi connectivity index (χ1) is 17.3. The van der Waals surface area contributed by atoms with Gasteiger partial charge in [-0.15, -0.1) is 0 Å². The van der Waals surface area contributed by atoms with Gasteiger partial charge in [-0.3, -0.25) is 0 Å². The fraction of sp³-hybridized carbons (Fsp3) is 0. The number of benzene rings is 4. The van der Waals surface area contributed by atoms with Crippen LogP contribution in [0.4, 0.5) is 0 Å². The Morgan fingerprint density at radius 3 is 1.69 bits per heavy atom. The van der Waals surface area contributed by atoms with Crippen LogP contribution < -0.4 is 0 Å². The third-order valence-electron chi connectivity index (χ3n) is 5.62. The molecule has 0 aliphatic rings. The van der Waals surface area contributed by atoms with E-state index in [0.717, 1.165) is 22.3 Å². The van der Waals surface area contributed by atoms with Crippen molar-refractivity contribution in [3.05, 3.63) is 118 Å². The predicted molar refractivity (Wildman–Crippen MR) is 140 cm³/mol. The van der Waals surface area contributed by atoms with Crippen molar-refractivity contribution in [3.63, 3.8) is 0 Å². The van der Waals surface area contributed by atoms with Crippen LogP contribution in [0.3, 0.4) is 0 Å². The minimum absolute atomic E-state index is 0.183. The Bertz CT molecular complexity index is 1500. The molecule has 4 aromatic rings. The van der Waals surface area contributed by atoms with Gasteiger partial charge in [0, 0.05) is 0 Å². The molecule has 0 fully saturated rings. The third-order valence-corrected chi connectivity index (χ3v) is 5.62. The molecule has 6 nitrogen and oxygen atoms in total. The first kappa shape index (κ1) is 24.0. The average Bonchev–Trinajstić information content (AvgIpc) is 2.88. The Morgan fingerprint density at radius 2 is 1.14 bits per heavy atom. The Kier molecular flexibility index (Phi) is 6.97. The average molecular weight is 479 g/mol. The van der Waals surface area contributed by atoms with Gasteiger partial charge in [-0.05, 0) is 57.6 Å². The van der Waals surface area contributed by atoms with Gasteiger partial charge in [0.05, 0.1) is 0 Å². The highest BCUT2D eigenvalue weighted by atomic mass is 16.4. The van der Waals surface area contributed by atoms with E-state index in [9.17, 15) is 30.0 Å². The summed E-state index contributed by atoms with van der Waals surface area (Å²) in [7, 11) is 0. The summed E-state index contributed by atoms with van der Waals surface area (Å²) >= 11 is 0. The molecule has 0 unspecified atom stereocenters. The maximum absolute atomic E-state index is 11.4. The number of carbonyl (C=O) groups is 2. The third kappa shape index (κ3) is 5.34. The topological polar surface area (TPSA) is 115 Å². The molecule has 0 radical (unpaired) electrons. The highest BCUT2D eigenvalue weighted by Crippen LogP contribution is 2.30. The van der Waals surface area contributed by atoms with E-state index >= 15 is 0 Å². The van der Waals surface area contributed by atoms with E-state index in [2.05, 4.69) is 0 Å². The lowest BCUT2D eigenvalue weighted by Gasteiger charge is -2.11. The standard InChI is InChI=1S/C30H22O6/c31-27-15-11-19(17-25(27)29(33)34)9-13-22-7-4-8-23(21-5-2-1-3-6-21)24(22)14-10-20-12-16-28(32)26(18-20)30(35)36/h1-18,31-32H,(H,33,34)(H,35,36). The van der Waals surface area contributed by atoms with Crippen molar-refractivity contribution < 1.29 is 30.0 Å². The number of carboxylic acid groups (broad SMARTS) is 2. The zero-order valence-electron chi connectivity index (χ0n) is 19.0. The van der Waals surface area contributed by atoms with Crippen LogP contribution in [0.1, 0.15) is 43.0 Å². The van der Waals surface area contributed by atoms with E-state index in [-0.39, 0.29) is 22.6 Å². The van der Waals surface area contributed by atoms with E-state index in [1.807, 2.05) is 60.7 Å². The molecule has 0 amide bonds. The fourth-order valence-electron chi connectivity index (χ4n) is 3.81.